The molecule has 0 unspecified atom stereocenters. The van der Waals surface area contributed by atoms with E-state index in [0.717, 1.165) is 29.9 Å². The van der Waals surface area contributed by atoms with Crippen LogP contribution in [0.1, 0.15) is 23.5 Å². The minimum Gasteiger partial charge on any atom is -0.326 e. The number of hydrogen-bond acceptors (Lipinski definition) is 3. The zero-order chi connectivity index (χ0) is 18.1. The molecule has 0 saturated heterocycles. The summed E-state index contributed by atoms with van der Waals surface area (Å²) < 4.78 is 13.0. The van der Waals surface area contributed by atoms with Gasteiger partial charge in [-0.15, -0.1) is 0 Å². The molecule has 0 bridgehead atoms. The van der Waals surface area contributed by atoms with Crippen molar-refractivity contribution in [3.8, 4) is 11.4 Å². The Morgan fingerprint density at radius 2 is 1.85 bits per heavy atom. The maximum atomic E-state index is 13.0. The lowest BCUT2D eigenvalue weighted by Crippen LogP contribution is -2.14. The SMILES string of the molecule is Cc1ccc(NC(=O)[C@H]2C[C@@H]2c2ccccc2)cc1-c1ncc(F)cn1. The quantitative estimate of drug-likeness (QED) is 0.764. The fourth-order valence-electron chi connectivity index (χ4n) is 3.18. The summed E-state index contributed by atoms with van der Waals surface area (Å²) >= 11 is 0. The van der Waals surface area contributed by atoms with E-state index in [0.29, 0.717) is 17.4 Å². The first-order chi connectivity index (χ1) is 12.6. The first kappa shape index (κ1) is 16.4. The molecule has 2 aromatic carbocycles. The molecule has 1 amide bonds. The van der Waals surface area contributed by atoms with E-state index in [9.17, 15) is 9.18 Å². The number of hydrogen-bond donors (Lipinski definition) is 1. The van der Waals surface area contributed by atoms with E-state index >= 15 is 0 Å². The Morgan fingerprint density at radius 3 is 2.58 bits per heavy atom. The van der Waals surface area contributed by atoms with Crippen molar-refractivity contribution in [1.29, 1.82) is 0 Å². The zero-order valence-corrected chi connectivity index (χ0v) is 14.3. The van der Waals surface area contributed by atoms with Gasteiger partial charge < -0.3 is 5.32 Å². The third kappa shape index (κ3) is 3.33. The predicted octanol–water partition coefficient (Wildman–Crippen LogP) is 4.33. The average Bonchev–Trinajstić information content (AvgIpc) is 3.46. The number of benzene rings is 2. The summed E-state index contributed by atoms with van der Waals surface area (Å²) in [4.78, 5) is 20.6. The number of anilines is 1. The Balaban J connectivity index is 1.50. The highest BCUT2D eigenvalue weighted by Crippen LogP contribution is 2.47. The molecule has 1 saturated carbocycles. The number of halogens is 1. The summed E-state index contributed by atoms with van der Waals surface area (Å²) in [5, 5.41) is 2.98. The van der Waals surface area contributed by atoms with Gasteiger partial charge in [-0.25, -0.2) is 14.4 Å². The van der Waals surface area contributed by atoms with Crippen molar-refractivity contribution in [3.63, 3.8) is 0 Å². The molecule has 0 aliphatic heterocycles. The normalized spacial score (nSPS) is 18.4. The number of carbonyl (C=O) groups excluding carboxylic acids is 1. The number of nitrogens with zero attached hydrogens (tertiary/aromatic N) is 2. The molecule has 4 nitrogen and oxygen atoms in total. The second-order valence-electron chi connectivity index (χ2n) is 6.60. The van der Waals surface area contributed by atoms with Gasteiger partial charge in [0.1, 0.15) is 0 Å². The van der Waals surface area contributed by atoms with Gasteiger partial charge in [0.05, 0.1) is 12.4 Å². The monoisotopic (exact) mass is 347 g/mol. The molecule has 26 heavy (non-hydrogen) atoms. The van der Waals surface area contributed by atoms with Crippen LogP contribution in [0.15, 0.2) is 60.9 Å². The Labute approximate surface area is 151 Å². The van der Waals surface area contributed by atoms with E-state index in [1.807, 2.05) is 43.3 Å². The van der Waals surface area contributed by atoms with E-state index in [-0.39, 0.29) is 11.8 Å². The lowest BCUT2D eigenvalue weighted by molar-refractivity contribution is -0.117. The van der Waals surface area contributed by atoms with Gasteiger partial charge in [0.2, 0.25) is 5.91 Å². The lowest BCUT2D eigenvalue weighted by atomic mass is 10.1. The Kier molecular flexibility index (Phi) is 4.21. The second-order valence-corrected chi connectivity index (χ2v) is 6.60. The van der Waals surface area contributed by atoms with Crippen LogP contribution in [0.2, 0.25) is 0 Å². The van der Waals surface area contributed by atoms with Crippen LogP contribution in [0.25, 0.3) is 11.4 Å². The molecule has 0 spiro atoms. The van der Waals surface area contributed by atoms with E-state index < -0.39 is 5.82 Å². The molecular weight excluding hydrogens is 329 g/mol. The molecular formula is C21H18FN3O. The predicted molar refractivity (Wildman–Crippen MR) is 98.1 cm³/mol. The van der Waals surface area contributed by atoms with Crippen molar-refractivity contribution in [2.75, 3.05) is 5.32 Å². The Hall–Kier alpha value is -3.08. The number of amides is 1. The Bertz CT molecular complexity index is 941. The standard InChI is InChI=1S/C21H18FN3O/c1-13-7-8-16(9-17(13)20-23-11-15(22)12-24-20)25-21(26)19-10-18(19)14-5-3-2-4-6-14/h2-9,11-12,18-19H,10H2,1H3,(H,25,26)/t18-,19+/m1/s1. The topological polar surface area (TPSA) is 54.9 Å². The third-order valence-electron chi connectivity index (χ3n) is 4.72. The molecule has 1 aliphatic rings. The molecule has 2 atom stereocenters. The molecule has 1 N–H and O–H groups in total. The smallest absolute Gasteiger partial charge is 0.228 e. The fourth-order valence-corrected chi connectivity index (χ4v) is 3.18. The highest BCUT2D eigenvalue weighted by molar-refractivity contribution is 5.95. The molecule has 1 aromatic heterocycles. The van der Waals surface area contributed by atoms with Gasteiger partial charge in [0, 0.05) is 17.2 Å². The van der Waals surface area contributed by atoms with Gasteiger partial charge in [0.25, 0.3) is 0 Å². The van der Waals surface area contributed by atoms with E-state index in [1.54, 1.807) is 0 Å². The maximum absolute atomic E-state index is 13.0. The number of aromatic nitrogens is 2. The first-order valence-corrected chi connectivity index (χ1v) is 8.56. The van der Waals surface area contributed by atoms with Gasteiger partial charge in [0.15, 0.2) is 11.6 Å². The summed E-state index contributed by atoms with van der Waals surface area (Å²) in [5.41, 5.74) is 3.64. The van der Waals surface area contributed by atoms with Crippen LogP contribution in [-0.2, 0) is 4.79 Å². The number of rotatable bonds is 4. The molecule has 0 radical (unpaired) electrons. The average molecular weight is 347 g/mol. The largest absolute Gasteiger partial charge is 0.326 e. The summed E-state index contributed by atoms with van der Waals surface area (Å²) in [7, 11) is 0. The maximum Gasteiger partial charge on any atom is 0.228 e. The van der Waals surface area contributed by atoms with Gasteiger partial charge in [-0.1, -0.05) is 36.4 Å². The third-order valence-corrected chi connectivity index (χ3v) is 4.72. The molecule has 5 heteroatoms. The van der Waals surface area contributed by atoms with E-state index in [1.165, 1.54) is 5.56 Å². The molecule has 1 fully saturated rings. The molecule has 4 rings (SSSR count). The number of nitrogens with one attached hydrogen (secondary N) is 1. The lowest BCUT2D eigenvalue weighted by Gasteiger charge is -2.09. The molecule has 1 aliphatic carbocycles. The van der Waals surface area contributed by atoms with Crippen LogP contribution >= 0.6 is 0 Å². The van der Waals surface area contributed by atoms with Crippen LogP contribution in [-0.4, -0.2) is 15.9 Å². The van der Waals surface area contributed by atoms with E-state index in [4.69, 9.17) is 0 Å². The van der Waals surface area contributed by atoms with Crippen LogP contribution in [0, 0.1) is 18.7 Å². The zero-order valence-electron chi connectivity index (χ0n) is 14.3. The Morgan fingerprint density at radius 1 is 1.12 bits per heavy atom. The van der Waals surface area contributed by atoms with Gasteiger partial charge in [-0.2, -0.15) is 0 Å². The van der Waals surface area contributed by atoms with Gasteiger partial charge in [-0.05, 0) is 42.5 Å². The molecule has 1 heterocycles. The fraction of sp³-hybridized carbons (Fsp3) is 0.190. The van der Waals surface area contributed by atoms with Gasteiger partial charge in [-0.3, -0.25) is 4.79 Å². The number of carbonyl (C=O) groups is 1. The highest BCUT2D eigenvalue weighted by atomic mass is 19.1. The van der Waals surface area contributed by atoms with Crippen molar-refractivity contribution in [3.05, 3.63) is 77.9 Å². The molecule has 130 valence electrons. The number of aryl methyl sites for hydroxylation is 1. The second kappa shape index (κ2) is 6.67. The van der Waals surface area contributed by atoms with Crippen LogP contribution in [0.4, 0.5) is 10.1 Å². The van der Waals surface area contributed by atoms with Crippen molar-refractivity contribution in [2.24, 2.45) is 5.92 Å². The summed E-state index contributed by atoms with van der Waals surface area (Å²) in [6.45, 7) is 1.93. The highest BCUT2D eigenvalue weighted by Gasteiger charge is 2.43. The van der Waals surface area contributed by atoms with Crippen molar-refractivity contribution >= 4 is 11.6 Å². The molecule has 3 aromatic rings. The summed E-state index contributed by atoms with van der Waals surface area (Å²) in [5.74, 6) is 0.282. The summed E-state index contributed by atoms with van der Waals surface area (Å²) in [6.07, 6.45) is 3.15. The van der Waals surface area contributed by atoms with Crippen molar-refractivity contribution < 1.29 is 9.18 Å². The summed E-state index contributed by atoms with van der Waals surface area (Å²) in [6, 6.07) is 15.7. The first-order valence-electron chi connectivity index (χ1n) is 8.56. The minimum absolute atomic E-state index is 0.00391. The van der Waals surface area contributed by atoms with E-state index in [2.05, 4.69) is 27.4 Å². The minimum atomic E-state index is -0.475. The van der Waals surface area contributed by atoms with Crippen LogP contribution in [0.5, 0.6) is 0 Å². The van der Waals surface area contributed by atoms with Crippen molar-refractivity contribution in [1.82, 2.24) is 9.97 Å². The van der Waals surface area contributed by atoms with Crippen LogP contribution in [0.3, 0.4) is 0 Å². The van der Waals surface area contributed by atoms with Crippen LogP contribution < -0.4 is 5.32 Å². The van der Waals surface area contributed by atoms with Gasteiger partial charge >= 0.3 is 0 Å². The van der Waals surface area contributed by atoms with Crippen molar-refractivity contribution in [2.45, 2.75) is 19.3 Å².